The van der Waals surface area contributed by atoms with Gasteiger partial charge in [0.15, 0.2) is 5.82 Å². The summed E-state index contributed by atoms with van der Waals surface area (Å²) in [6.07, 6.45) is 0. The number of aromatic amines is 1. The highest BCUT2D eigenvalue weighted by Gasteiger charge is 2.22. The molecule has 3 aromatic rings. The first-order valence-corrected chi connectivity index (χ1v) is 9.08. The van der Waals surface area contributed by atoms with E-state index in [2.05, 4.69) is 10.1 Å². The van der Waals surface area contributed by atoms with Crippen LogP contribution >= 0.6 is 23.2 Å². The van der Waals surface area contributed by atoms with E-state index in [9.17, 15) is 9.59 Å². The third-order valence-electron chi connectivity index (χ3n) is 4.08. The summed E-state index contributed by atoms with van der Waals surface area (Å²) in [6, 6.07) is 11.6. The number of benzene rings is 2. The molecule has 1 heterocycles. The number of ether oxygens (including phenoxy) is 2. The van der Waals surface area contributed by atoms with Gasteiger partial charge in [0.1, 0.15) is 18.4 Å². The molecule has 9 heteroatoms. The molecule has 1 atom stereocenters. The molecule has 3 rings (SSSR count). The van der Waals surface area contributed by atoms with Crippen molar-refractivity contribution in [2.24, 2.45) is 0 Å². The summed E-state index contributed by atoms with van der Waals surface area (Å²) < 4.78 is 11.8. The van der Waals surface area contributed by atoms with Crippen LogP contribution in [-0.2, 0) is 16.1 Å². The topological polar surface area (TPSA) is 86.2 Å². The number of carbonyl (C=O) groups excluding carboxylic acids is 1. The van der Waals surface area contributed by atoms with Crippen molar-refractivity contribution in [3.8, 4) is 17.1 Å². The Bertz CT molecular complexity index is 1040. The van der Waals surface area contributed by atoms with Crippen LogP contribution in [0.1, 0.15) is 18.5 Å². The van der Waals surface area contributed by atoms with Gasteiger partial charge < -0.3 is 9.47 Å². The number of methoxy groups -OCH3 is 1. The highest BCUT2D eigenvalue weighted by atomic mass is 35.5. The maximum Gasteiger partial charge on any atom is 0.361 e. The Morgan fingerprint density at radius 1 is 1.21 bits per heavy atom. The lowest BCUT2D eigenvalue weighted by atomic mass is 10.2. The molecule has 0 aliphatic rings. The van der Waals surface area contributed by atoms with E-state index in [1.807, 2.05) is 12.1 Å². The van der Waals surface area contributed by atoms with E-state index in [0.29, 0.717) is 28.0 Å². The van der Waals surface area contributed by atoms with E-state index in [4.69, 9.17) is 32.7 Å². The first kappa shape index (κ1) is 20.0. The monoisotopic (exact) mass is 421 g/mol. The Hall–Kier alpha value is -2.77. The summed E-state index contributed by atoms with van der Waals surface area (Å²) in [5.74, 6) is 0.264. The third-order valence-corrected chi connectivity index (χ3v) is 4.65. The van der Waals surface area contributed by atoms with Crippen molar-refractivity contribution < 1.29 is 14.3 Å². The summed E-state index contributed by atoms with van der Waals surface area (Å²) in [5, 5.41) is 3.48. The van der Waals surface area contributed by atoms with Gasteiger partial charge in [0.25, 0.3) is 0 Å². The number of hydrogen-bond acceptors (Lipinski definition) is 5. The molecule has 0 bridgehead atoms. The van der Waals surface area contributed by atoms with Crippen LogP contribution in [0.15, 0.2) is 47.3 Å². The molecule has 2 aromatic carbocycles. The predicted octanol–water partition coefficient (Wildman–Crippen LogP) is 3.86. The predicted molar refractivity (Wildman–Crippen MR) is 106 cm³/mol. The molecular formula is C19H17Cl2N3O4. The Labute approximate surface area is 170 Å². The van der Waals surface area contributed by atoms with Crippen molar-refractivity contribution in [3.63, 3.8) is 0 Å². The van der Waals surface area contributed by atoms with Crippen LogP contribution in [0.5, 0.6) is 5.75 Å². The summed E-state index contributed by atoms with van der Waals surface area (Å²) >= 11 is 12.3. The van der Waals surface area contributed by atoms with Gasteiger partial charge in [0, 0.05) is 10.6 Å². The number of nitrogens with zero attached hydrogens (tertiary/aromatic N) is 2. The summed E-state index contributed by atoms with van der Waals surface area (Å²) in [6.45, 7) is 1.93. The molecule has 0 saturated carbocycles. The first-order chi connectivity index (χ1) is 13.4. The minimum Gasteiger partial charge on any atom is -0.489 e. The molecule has 1 N–H and O–H groups in total. The van der Waals surface area contributed by atoms with Crippen molar-refractivity contribution in [1.82, 2.24) is 14.8 Å². The van der Waals surface area contributed by atoms with Crippen LogP contribution in [0.2, 0.25) is 10.0 Å². The Morgan fingerprint density at radius 2 is 1.93 bits per heavy atom. The molecule has 7 nitrogen and oxygen atoms in total. The van der Waals surface area contributed by atoms with E-state index in [0.717, 1.165) is 5.56 Å². The molecule has 0 radical (unpaired) electrons. The van der Waals surface area contributed by atoms with Crippen molar-refractivity contribution >= 4 is 29.2 Å². The zero-order chi connectivity index (χ0) is 20.3. The zero-order valence-electron chi connectivity index (χ0n) is 15.1. The van der Waals surface area contributed by atoms with Crippen LogP contribution in [-0.4, -0.2) is 27.8 Å². The lowest BCUT2D eigenvalue weighted by Crippen LogP contribution is -2.21. The Kier molecular flexibility index (Phi) is 6.06. The zero-order valence-corrected chi connectivity index (χ0v) is 16.6. The number of nitrogens with one attached hydrogen (secondary N) is 1. The van der Waals surface area contributed by atoms with Crippen molar-refractivity contribution in [2.75, 3.05) is 7.11 Å². The maximum absolute atomic E-state index is 11.8. The maximum atomic E-state index is 11.8. The lowest BCUT2D eigenvalue weighted by molar-refractivity contribution is -0.144. The average Bonchev–Trinajstić information content (AvgIpc) is 3.07. The summed E-state index contributed by atoms with van der Waals surface area (Å²) in [5.41, 5.74) is 0.845. The van der Waals surface area contributed by atoms with Gasteiger partial charge >= 0.3 is 11.7 Å². The van der Waals surface area contributed by atoms with Crippen LogP contribution in [0, 0.1) is 0 Å². The standard InChI is InChI=1S/C19H17Cl2N3O4/c1-11(18(25)27-2)24-17(22-19(26)23-24)15-8-7-14(9-16(15)21)28-10-12-3-5-13(20)6-4-12/h3-9,11H,10H2,1-2H3,(H,23,26). The second kappa shape index (κ2) is 8.50. The average molecular weight is 422 g/mol. The van der Waals surface area contributed by atoms with E-state index < -0.39 is 17.7 Å². The molecule has 0 aliphatic heterocycles. The van der Waals surface area contributed by atoms with Gasteiger partial charge in [-0.15, -0.1) is 0 Å². The van der Waals surface area contributed by atoms with Gasteiger partial charge in [0.2, 0.25) is 0 Å². The van der Waals surface area contributed by atoms with E-state index >= 15 is 0 Å². The van der Waals surface area contributed by atoms with Crippen LogP contribution in [0.3, 0.4) is 0 Å². The number of rotatable bonds is 6. The molecule has 1 unspecified atom stereocenters. The second-order valence-electron chi connectivity index (χ2n) is 5.98. The molecule has 0 spiro atoms. The fourth-order valence-corrected chi connectivity index (χ4v) is 2.97. The molecule has 0 aliphatic carbocycles. The molecule has 28 heavy (non-hydrogen) atoms. The highest BCUT2D eigenvalue weighted by molar-refractivity contribution is 6.33. The van der Waals surface area contributed by atoms with Gasteiger partial charge in [-0.3, -0.25) is 4.68 Å². The molecular weight excluding hydrogens is 405 g/mol. The van der Waals surface area contributed by atoms with Gasteiger partial charge in [-0.1, -0.05) is 35.3 Å². The smallest absolute Gasteiger partial charge is 0.361 e. The van der Waals surface area contributed by atoms with E-state index in [-0.39, 0.29) is 5.82 Å². The largest absolute Gasteiger partial charge is 0.489 e. The number of carbonyl (C=O) groups is 1. The molecule has 1 aromatic heterocycles. The summed E-state index contributed by atoms with van der Waals surface area (Å²) in [4.78, 5) is 27.5. The third kappa shape index (κ3) is 4.37. The van der Waals surface area contributed by atoms with Crippen LogP contribution < -0.4 is 10.4 Å². The van der Waals surface area contributed by atoms with Crippen molar-refractivity contribution in [1.29, 1.82) is 0 Å². The normalized spacial score (nSPS) is 11.9. The minimum atomic E-state index is -0.771. The van der Waals surface area contributed by atoms with E-state index in [1.54, 1.807) is 37.3 Å². The quantitative estimate of drug-likeness (QED) is 0.610. The number of aromatic nitrogens is 3. The fraction of sp³-hybridized carbons (Fsp3) is 0.211. The van der Waals surface area contributed by atoms with Crippen LogP contribution in [0.25, 0.3) is 11.4 Å². The lowest BCUT2D eigenvalue weighted by Gasteiger charge is -2.14. The van der Waals surface area contributed by atoms with Crippen molar-refractivity contribution in [3.05, 3.63) is 68.6 Å². The Balaban J connectivity index is 1.84. The van der Waals surface area contributed by atoms with Gasteiger partial charge in [0.05, 0.1) is 12.1 Å². The van der Waals surface area contributed by atoms with Crippen molar-refractivity contribution in [2.45, 2.75) is 19.6 Å². The summed E-state index contributed by atoms with van der Waals surface area (Å²) in [7, 11) is 1.27. The number of halogens is 2. The Morgan fingerprint density at radius 3 is 2.57 bits per heavy atom. The first-order valence-electron chi connectivity index (χ1n) is 8.32. The number of H-pyrrole nitrogens is 1. The minimum absolute atomic E-state index is 0.233. The van der Waals surface area contributed by atoms with Gasteiger partial charge in [-0.2, -0.15) is 4.98 Å². The molecule has 146 valence electrons. The van der Waals surface area contributed by atoms with E-state index in [1.165, 1.54) is 11.8 Å². The van der Waals surface area contributed by atoms with Gasteiger partial charge in [-0.25, -0.2) is 14.7 Å². The fourth-order valence-electron chi connectivity index (χ4n) is 2.59. The number of esters is 1. The molecule has 0 fully saturated rings. The molecule has 0 amide bonds. The van der Waals surface area contributed by atoms with Gasteiger partial charge in [-0.05, 0) is 42.8 Å². The SMILES string of the molecule is COC(=O)C(C)n1[nH]c(=O)nc1-c1ccc(OCc2ccc(Cl)cc2)cc1Cl. The highest BCUT2D eigenvalue weighted by Crippen LogP contribution is 2.31. The second-order valence-corrected chi connectivity index (χ2v) is 6.82. The number of hydrogen-bond donors (Lipinski definition) is 1. The molecule has 0 saturated heterocycles. The van der Waals surface area contributed by atoms with Crippen LogP contribution in [0.4, 0.5) is 0 Å².